The molecule has 0 bridgehead atoms. The fraction of sp³-hybridized carbons (Fsp3) is 0.643. The molecule has 6 nitrogen and oxygen atoms in total. The second kappa shape index (κ2) is 5.01. The van der Waals surface area contributed by atoms with Crippen molar-refractivity contribution in [3.05, 3.63) is 28.2 Å². The second-order valence-corrected chi connectivity index (χ2v) is 5.60. The fourth-order valence-corrected chi connectivity index (χ4v) is 3.34. The van der Waals surface area contributed by atoms with Gasteiger partial charge in [-0.15, -0.1) is 0 Å². The van der Waals surface area contributed by atoms with Crippen LogP contribution in [0.3, 0.4) is 0 Å². The first-order chi connectivity index (χ1) is 9.65. The van der Waals surface area contributed by atoms with E-state index in [1.807, 2.05) is 6.92 Å². The highest BCUT2D eigenvalue weighted by Crippen LogP contribution is 2.57. The maximum absolute atomic E-state index is 12.1. The Kier molecular flexibility index (Phi) is 3.33. The number of hydrogen-bond donors (Lipinski definition) is 2. The molecule has 6 heteroatoms. The van der Waals surface area contributed by atoms with Crippen LogP contribution < -0.4 is 10.9 Å². The molecule has 0 aliphatic heterocycles. The summed E-state index contributed by atoms with van der Waals surface area (Å²) in [5.41, 5.74) is 0.0735. The van der Waals surface area contributed by atoms with Crippen molar-refractivity contribution in [3.63, 3.8) is 0 Å². The van der Waals surface area contributed by atoms with Gasteiger partial charge in [-0.05, 0) is 32.3 Å². The van der Waals surface area contributed by atoms with E-state index in [2.05, 4.69) is 15.5 Å². The maximum atomic E-state index is 12.1. The maximum Gasteiger partial charge on any atom is 0.271 e. The molecule has 108 valence electrons. The van der Waals surface area contributed by atoms with E-state index < -0.39 is 0 Å². The molecule has 20 heavy (non-hydrogen) atoms. The summed E-state index contributed by atoms with van der Waals surface area (Å²) in [5, 5.41) is 9.06. The van der Waals surface area contributed by atoms with Crippen molar-refractivity contribution in [2.24, 2.45) is 5.41 Å². The van der Waals surface area contributed by atoms with Gasteiger partial charge >= 0.3 is 0 Å². The zero-order valence-electron chi connectivity index (χ0n) is 11.5. The lowest BCUT2D eigenvalue weighted by molar-refractivity contribution is -0.169. The summed E-state index contributed by atoms with van der Waals surface area (Å²) < 4.78 is 5.75. The Morgan fingerprint density at radius 3 is 2.90 bits per heavy atom. The second-order valence-electron chi connectivity index (χ2n) is 5.60. The first-order valence-corrected chi connectivity index (χ1v) is 7.14. The van der Waals surface area contributed by atoms with Crippen molar-refractivity contribution in [1.29, 1.82) is 0 Å². The molecule has 1 amide bonds. The molecule has 0 aromatic carbocycles. The minimum absolute atomic E-state index is 0.133. The monoisotopic (exact) mass is 277 g/mol. The number of nitrogens with one attached hydrogen (secondary N) is 2. The minimum Gasteiger partial charge on any atom is -0.378 e. The predicted octanol–water partition coefficient (Wildman–Crippen LogP) is 0.847. The van der Waals surface area contributed by atoms with Crippen LogP contribution in [0.1, 0.15) is 43.1 Å². The molecule has 2 aliphatic rings. The Bertz CT molecular complexity index is 545. The molecule has 1 spiro atoms. The number of nitrogens with zero attached hydrogens (tertiary/aromatic N) is 1. The molecule has 2 saturated carbocycles. The van der Waals surface area contributed by atoms with Crippen molar-refractivity contribution in [1.82, 2.24) is 15.5 Å². The number of aromatic nitrogens is 2. The zero-order chi connectivity index (χ0) is 14.2. The topological polar surface area (TPSA) is 84.1 Å². The van der Waals surface area contributed by atoms with E-state index in [1.54, 1.807) is 0 Å². The van der Waals surface area contributed by atoms with Crippen molar-refractivity contribution < 1.29 is 9.53 Å². The molecule has 1 aromatic rings. The van der Waals surface area contributed by atoms with Crippen molar-refractivity contribution >= 4 is 5.91 Å². The van der Waals surface area contributed by atoms with E-state index in [0.29, 0.717) is 6.61 Å². The van der Waals surface area contributed by atoms with Gasteiger partial charge in [0.05, 0.1) is 6.10 Å². The number of ether oxygens (including phenoxy) is 1. The molecule has 2 N–H and O–H groups in total. The molecule has 1 aromatic heterocycles. The van der Waals surface area contributed by atoms with E-state index in [1.165, 1.54) is 18.6 Å². The Labute approximate surface area is 116 Å². The number of carbonyl (C=O) groups excluding carboxylic acids is 1. The molecule has 0 saturated heterocycles. The van der Waals surface area contributed by atoms with Crippen LogP contribution in [0.15, 0.2) is 16.9 Å². The van der Waals surface area contributed by atoms with Crippen LogP contribution >= 0.6 is 0 Å². The highest BCUT2D eigenvalue weighted by Gasteiger charge is 2.59. The highest BCUT2D eigenvalue weighted by molar-refractivity contribution is 5.92. The van der Waals surface area contributed by atoms with Crippen LogP contribution in [0.5, 0.6) is 0 Å². The SMILES string of the molecule is CCO[C@@H]1C[C@H](NC(=O)c2ccc(=O)[nH]n2)C12CCC2. The van der Waals surface area contributed by atoms with Crippen LogP contribution in [0.2, 0.25) is 0 Å². The van der Waals surface area contributed by atoms with Gasteiger partial charge < -0.3 is 10.1 Å². The number of aromatic amines is 1. The Morgan fingerprint density at radius 1 is 1.55 bits per heavy atom. The Balaban J connectivity index is 1.65. The van der Waals surface area contributed by atoms with Crippen LogP contribution in [0, 0.1) is 5.41 Å². The normalized spacial score (nSPS) is 26.6. The standard InChI is InChI=1S/C14H19N3O3/c1-2-20-11-8-10(14(11)6-3-7-14)15-13(19)9-4-5-12(18)17-16-9/h4-5,10-11H,2-3,6-8H2,1H3,(H,15,19)(H,17,18)/t10-,11+/m0/s1. The smallest absolute Gasteiger partial charge is 0.271 e. The van der Waals surface area contributed by atoms with Gasteiger partial charge in [0.1, 0.15) is 5.69 Å². The number of carbonyl (C=O) groups is 1. The molecule has 3 rings (SSSR count). The molecular weight excluding hydrogens is 258 g/mol. The fourth-order valence-electron chi connectivity index (χ4n) is 3.34. The third-order valence-corrected chi connectivity index (χ3v) is 4.65. The Hall–Kier alpha value is -1.69. The zero-order valence-corrected chi connectivity index (χ0v) is 11.5. The van der Waals surface area contributed by atoms with E-state index >= 15 is 0 Å². The van der Waals surface area contributed by atoms with Crippen molar-refractivity contribution in [2.75, 3.05) is 6.61 Å². The van der Waals surface area contributed by atoms with E-state index in [0.717, 1.165) is 19.3 Å². The molecule has 1 heterocycles. The molecule has 0 unspecified atom stereocenters. The predicted molar refractivity (Wildman–Crippen MR) is 72.4 cm³/mol. The van der Waals surface area contributed by atoms with Crippen LogP contribution in [-0.4, -0.2) is 34.9 Å². The summed E-state index contributed by atoms with van der Waals surface area (Å²) in [6, 6.07) is 2.92. The summed E-state index contributed by atoms with van der Waals surface area (Å²) in [5.74, 6) is -0.229. The first-order valence-electron chi connectivity index (χ1n) is 7.14. The van der Waals surface area contributed by atoms with Crippen LogP contribution in [-0.2, 0) is 4.74 Å². The lowest BCUT2D eigenvalue weighted by atomic mass is 9.51. The van der Waals surface area contributed by atoms with E-state index in [4.69, 9.17) is 4.74 Å². The van der Waals surface area contributed by atoms with Gasteiger partial charge in [-0.25, -0.2) is 5.10 Å². The highest BCUT2D eigenvalue weighted by atomic mass is 16.5. The number of amides is 1. The summed E-state index contributed by atoms with van der Waals surface area (Å²) in [7, 11) is 0. The minimum atomic E-state index is -0.308. The number of H-pyrrole nitrogens is 1. The van der Waals surface area contributed by atoms with E-state index in [-0.39, 0.29) is 34.7 Å². The van der Waals surface area contributed by atoms with E-state index in [9.17, 15) is 9.59 Å². The van der Waals surface area contributed by atoms with Crippen molar-refractivity contribution in [2.45, 2.75) is 44.8 Å². The van der Waals surface area contributed by atoms with Crippen LogP contribution in [0.25, 0.3) is 0 Å². The quantitative estimate of drug-likeness (QED) is 0.854. The average Bonchev–Trinajstić information content (AvgIpc) is 2.36. The van der Waals surface area contributed by atoms with Gasteiger partial charge in [0.2, 0.25) is 0 Å². The first kappa shape index (κ1) is 13.3. The summed E-state index contributed by atoms with van der Waals surface area (Å²) in [6.45, 7) is 2.72. The number of rotatable bonds is 4. The lowest BCUT2D eigenvalue weighted by Gasteiger charge is -2.60. The van der Waals surface area contributed by atoms with Gasteiger partial charge in [0, 0.05) is 24.1 Å². The average molecular weight is 277 g/mol. The van der Waals surface area contributed by atoms with Gasteiger partial charge in [-0.2, -0.15) is 5.10 Å². The Morgan fingerprint density at radius 2 is 2.35 bits per heavy atom. The van der Waals surface area contributed by atoms with Gasteiger partial charge in [-0.1, -0.05) is 6.42 Å². The lowest BCUT2D eigenvalue weighted by Crippen LogP contribution is -2.67. The molecule has 2 fully saturated rings. The summed E-state index contributed by atoms with van der Waals surface area (Å²) in [6.07, 6.45) is 4.56. The largest absolute Gasteiger partial charge is 0.378 e. The summed E-state index contributed by atoms with van der Waals surface area (Å²) >= 11 is 0. The van der Waals surface area contributed by atoms with Gasteiger partial charge in [-0.3, -0.25) is 9.59 Å². The van der Waals surface area contributed by atoms with Gasteiger partial charge in [0.25, 0.3) is 11.5 Å². The third-order valence-electron chi connectivity index (χ3n) is 4.65. The third kappa shape index (κ3) is 2.04. The molecule has 0 radical (unpaired) electrons. The number of hydrogen-bond acceptors (Lipinski definition) is 4. The summed E-state index contributed by atoms with van der Waals surface area (Å²) in [4.78, 5) is 23.1. The van der Waals surface area contributed by atoms with Crippen LogP contribution in [0.4, 0.5) is 0 Å². The van der Waals surface area contributed by atoms with Gasteiger partial charge in [0.15, 0.2) is 0 Å². The molecule has 2 atom stereocenters. The molecule has 2 aliphatic carbocycles. The van der Waals surface area contributed by atoms with Crippen molar-refractivity contribution in [3.8, 4) is 0 Å². The molecular formula is C14H19N3O3.